The average molecular weight is 286 g/mol. The smallest absolute Gasteiger partial charge is 0.256 e. The Hall–Kier alpha value is -1.81. The van der Waals surface area contributed by atoms with Crippen molar-refractivity contribution in [1.82, 2.24) is 4.90 Å². The van der Waals surface area contributed by atoms with E-state index >= 15 is 0 Å². The molecule has 0 spiro atoms. The first-order valence-corrected chi connectivity index (χ1v) is 7.77. The molecule has 20 heavy (non-hydrogen) atoms. The van der Waals surface area contributed by atoms with Crippen molar-refractivity contribution < 1.29 is 4.79 Å². The van der Waals surface area contributed by atoms with Crippen LogP contribution in [-0.2, 0) is 6.42 Å². The molecule has 1 aliphatic heterocycles. The van der Waals surface area contributed by atoms with Crippen LogP contribution in [0.4, 0.5) is 5.00 Å². The highest BCUT2D eigenvalue weighted by molar-refractivity contribution is 7.16. The van der Waals surface area contributed by atoms with Crippen molar-refractivity contribution in [3.8, 4) is 0 Å². The molecule has 0 unspecified atom stereocenters. The van der Waals surface area contributed by atoms with E-state index in [2.05, 4.69) is 12.1 Å². The number of amides is 1. The van der Waals surface area contributed by atoms with Crippen molar-refractivity contribution in [3.05, 3.63) is 52.4 Å². The maximum absolute atomic E-state index is 12.4. The lowest BCUT2D eigenvalue weighted by atomic mass is 10.1. The Labute approximate surface area is 123 Å². The van der Waals surface area contributed by atoms with Crippen LogP contribution in [0, 0.1) is 0 Å². The quantitative estimate of drug-likeness (QED) is 0.942. The molecule has 1 saturated heterocycles. The van der Waals surface area contributed by atoms with E-state index in [0.717, 1.165) is 37.2 Å². The highest BCUT2D eigenvalue weighted by Crippen LogP contribution is 2.29. The van der Waals surface area contributed by atoms with Gasteiger partial charge in [0.25, 0.3) is 5.91 Å². The zero-order chi connectivity index (χ0) is 13.9. The van der Waals surface area contributed by atoms with Gasteiger partial charge < -0.3 is 10.6 Å². The second kappa shape index (κ2) is 5.67. The number of likely N-dealkylation sites (tertiary alicyclic amines) is 1. The first-order chi connectivity index (χ1) is 9.74. The minimum atomic E-state index is 0.0931. The molecule has 4 heteroatoms. The van der Waals surface area contributed by atoms with Crippen LogP contribution in [0.3, 0.4) is 0 Å². The molecule has 1 fully saturated rings. The van der Waals surface area contributed by atoms with Crippen molar-refractivity contribution in [1.29, 1.82) is 0 Å². The predicted octanol–water partition coefficient (Wildman–Crippen LogP) is 3.16. The third-order valence-corrected chi connectivity index (χ3v) is 4.62. The standard InChI is InChI=1S/C16H18N2OS/c17-15-14(16(19)18-8-4-5-9-18)11-13(20-15)10-12-6-2-1-3-7-12/h1-3,6-7,11H,4-5,8-10,17H2. The first-order valence-electron chi connectivity index (χ1n) is 6.95. The number of hydrogen-bond donors (Lipinski definition) is 1. The second-order valence-corrected chi connectivity index (χ2v) is 6.32. The molecule has 2 heterocycles. The molecule has 104 valence electrons. The summed E-state index contributed by atoms with van der Waals surface area (Å²) in [6.07, 6.45) is 3.04. The summed E-state index contributed by atoms with van der Waals surface area (Å²) >= 11 is 1.53. The lowest BCUT2D eigenvalue weighted by Gasteiger charge is -2.14. The summed E-state index contributed by atoms with van der Waals surface area (Å²) in [6, 6.07) is 12.2. The average Bonchev–Trinajstić information content (AvgIpc) is 3.09. The predicted molar refractivity (Wildman–Crippen MR) is 83.1 cm³/mol. The normalized spacial score (nSPS) is 14.7. The van der Waals surface area contributed by atoms with Gasteiger partial charge in [0.05, 0.1) is 10.6 Å². The van der Waals surface area contributed by atoms with Crippen LogP contribution in [0.1, 0.15) is 33.6 Å². The lowest BCUT2D eigenvalue weighted by molar-refractivity contribution is 0.0794. The van der Waals surface area contributed by atoms with E-state index in [4.69, 9.17) is 5.73 Å². The summed E-state index contributed by atoms with van der Waals surface area (Å²) in [4.78, 5) is 15.4. The maximum Gasteiger partial charge on any atom is 0.256 e. The SMILES string of the molecule is Nc1sc(Cc2ccccc2)cc1C(=O)N1CCCC1. The molecular formula is C16H18N2OS. The zero-order valence-electron chi connectivity index (χ0n) is 11.3. The van der Waals surface area contributed by atoms with Crippen LogP contribution in [0.5, 0.6) is 0 Å². The number of nitrogens with two attached hydrogens (primary N) is 1. The van der Waals surface area contributed by atoms with Crippen molar-refractivity contribution in [2.45, 2.75) is 19.3 Å². The third-order valence-electron chi connectivity index (χ3n) is 3.66. The van der Waals surface area contributed by atoms with Crippen molar-refractivity contribution in [3.63, 3.8) is 0 Å². The third kappa shape index (κ3) is 2.70. The number of carbonyl (C=O) groups is 1. The zero-order valence-corrected chi connectivity index (χ0v) is 12.2. The highest BCUT2D eigenvalue weighted by atomic mass is 32.1. The molecule has 2 aromatic rings. The Morgan fingerprint density at radius 1 is 1.20 bits per heavy atom. The van der Waals surface area contributed by atoms with Crippen LogP contribution < -0.4 is 5.73 Å². The summed E-state index contributed by atoms with van der Waals surface area (Å²) < 4.78 is 0. The molecule has 0 saturated carbocycles. The summed E-state index contributed by atoms with van der Waals surface area (Å²) in [5.74, 6) is 0.0931. The summed E-state index contributed by atoms with van der Waals surface area (Å²) in [5, 5.41) is 0.646. The number of anilines is 1. The number of rotatable bonds is 3. The van der Waals surface area contributed by atoms with Gasteiger partial charge in [0, 0.05) is 24.4 Å². The van der Waals surface area contributed by atoms with Gasteiger partial charge in [-0.1, -0.05) is 30.3 Å². The number of hydrogen-bond acceptors (Lipinski definition) is 3. The molecule has 0 bridgehead atoms. The van der Waals surface area contributed by atoms with E-state index in [9.17, 15) is 4.79 Å². The number of benzene rings is 1. The van der Waals surface area contributed by atoms with Gasteiger partial charge in [0.2, 0.25) is 0 Å². The molecule has 3 nitrogen and oxygen atoms in total. The minimum absolute atomic E-state index is 0.0931. The van der Waals surface area contributed by atoms with Crippen LogP contribution in [0.2, 0.25) is 0 Å². The van der Waals surface area contributed by atoms with Gasteiger partial charge in [-0.25, -0.2) is 0 Å². The molecule has 0 radical (unpaired) electrons. The molecule has 0 aliphatic carbocycles. The van der Waals surface area contributed by atoms with E-state index in [1.165, 1.54) is 16.9 Å². The van der Waals surface area contributed by atoms with E-state index < -0.39 is 0 Å². The van der Waals surface area contributed by atoms with Crippen molar-refractivity contribution >= 4 is 22.2 Å². The van der Waals surface area contributed by atoms with Gasteiger partial charge >= 0.3 is 0 Å². The van der Waals surface area contributed by atoms with Crippen LogP contribution >= 0.6 is 11.3 Å². The largest absolute Gasteiger partial charge is 0.390 e. The fraction of sp³-hybridized carbons (Fsp3) is 0.312. The molecule has 2 N–H and O–H groups in total. The molecule has 1 aromatic carbocycles. The number of thiophene rings is 1. The first kappa shape index (κ1) is 13.2. The van der Waals surface area contributed by atoms with Crippen molar-refractivity contribution in [2.75, 3.05) is 18.8 Å². The van der Waals surface area contributed by atoms with E-state index in [-0.39, 0.29) is 5.91 Å². The molecule has 1 aromatic heterocycles. The monoisotopic (exact) mass is 286 g/mol. The summed E-state index contributed by atoms with van der Waals surface area (Å²) in [6.45, 7) is 1.73. The van der Waals surface area contributed by atoms with Gasteiger partial charge in [-0.05, 0) is 24.5 Å². The van der Waals surface area contributed by atoms with Crippen LogP contribution in [0.25, 0.3) is 0 Å². The van der Waals surface area contributed by atoms with Gasteiger partial charge in [0.1, 0.15) is 0 Å². The van der Waals surface area contributed by atoms with Crippen LogP contribution in [0.15, 0.2) is 36.4 Å². The maximum atomic E-state index is 12.4. The lowest BCUT2D eigenvalue weighted by Crippen LogP contribution is -2.27. The Morgan fingerprint density at radius 2 is 1.90 bits per heavy atom. The Morgan fingerprint density at radius 3 is 2.60 bits per heavy atom. The van der Waals surface area contributed by atoms with E-state index in [1.54, 1.807) is 0 Å². The molecule has 3 rings (SSSR count). The van der Waals surface area contributed by atoms with Crippen molar-refractivity contribution in [2.24, 2.45) is 0 Å². The second-order valence-electron chi connectivity index (χ2n) is 5.15. The minimum Gasteiger partial charge on any atom is -0.390 e. The fourth-order valence-electron chi connectivity index (χ4n) is 2.60. The summed E-state index contributed by atoms with van der Waals surface area (Å²) in [7, 11) is 0. The summed E-state index contributed by atoms with van der Waals surface area (Å²) in [5.41, 5.74) is 7.96. The Bertz CT molecular complexity index is 600. The number of nitrogens with zero attached hydrogens (tertiary/aromatic N) is 1. The van der Waals surface area contributed by atoms with E-state index in [1.807, 2.05) is 29.2 Å². The van der Waals surface area contributed by atoms with Gasteiger partial charge in [-0.15, -0.1) is 11.3 Å². The number of carbonyl (C=O) groups excluding carboxylic acids is 1. The van der Waals surface area contributed by atoms with Crippen LogP contribution in [-0.4, -0.2) is 23.9 Å². The Balaban J connectivity index is 1.78. The molecular weight excluding hydrogens is 268 g/mol. The van der Waals surface area contributed by atoms with Gasteiger partial charge in [-0.3, -0.25) is 4.79 Å². The molecule has 1 aliphatic rings. The van der Waals surface area contributed by atoms with Gasteiger partial charge in [0.15, 0.2) is 0 Å². The van der Waals surface area contributed by atoms with Gasteiger partial charge in [-0.2, -0.15) is 0 Å². The molecule has 1 amide bonds. The Kier molecular flexibility index (Phi) is 3.74. The fourth-order valence-corrected chi connectivity index (χ4v) is 3.55. The molecule has 0 atom stereocenters. The topological polar surface area (TPSA) is 46.3 Å². The number of nitrogen functional groups attached to an aromatic ring is 1. The van der Waals surface area contributed by atoms with E-state index in [0.29, 0.717) is 10.6 Å². The highest BCUT2D eigenvalue weighted by Gasteiger charge is 2.23.